The molecule has 5 nitrogen and oxygen atoms in total. The smallest absolute Gasteiger partial charge is 0.222 e. The van der Waals surface area contributed by atoms with Crippen LogP contribution in [-0.2, 0) is 10.2 Å². The molecule has 6 heteroatoms. The zero-order chi connectivity index (χ0) is 14.8. The lowest BCUT2D eigenvalue weighted by molar-refractivity contribution is -0.122. The number of nitrogens with zero attached hydrogens (tertiary/aromatic N) is 2. The van der Waals surface area contributed by atoms with Crippen LogP contribution in [0.2, 0.25) is 0 Å². The van der Waals surface area contributed by atoms with Gasteiger partial charge in [0.1, 0.15) is 5.82 Å². The Morgan fingerprint density at radius 1 is 1.30 bits per heavy atom. The summed E-state index contributed by atoms with van der Waals surface area (Å²) in [6, 6.07) is 0.0933. The van der Waals surface area contributed by atoms with Crippen molar-refractivity contribution in [2.24, 2.45) is 11.7 Å². The molecule has 2 atom stereocenters. The second-order valence-electron chi connectivity index (χ2n) is 6.57. The van der Waals surface area contributed by atoms with Crippen LogP contribution in [0.1, 0.15) is 58.7 Å². The van der Waals surface area contributed by atoms with Gasteiger partial charge in [-0.1, -0.05) is 40.0 Å². The van der Waals surface area contributed by atoms with Crippen molar-refractivity contribution in [3.8, 4) is 0 Å². The van der Waals surface area contributed by atoms with Crippen LogP contribution in [0.4, 0.5) is 5.13 Å². The van der Waals surface area contributed by atoms with E-state index in [1.807, 2.05) is 0 Å². The Labute approximate surface area is 124 Å². The van der Waals surface area contributed by atoms with E-state index < -0.39 is 0 Å². The van der Waals surface area contributed by atoms with Crippen LogP contribution < -0.4 is 11.1 Å². The SMILES string of the molecule is CC(C)(C)c1nsc(NC2CCCCCC2C(N)=O)n1. The van der Waals surface area contributed by atoms with E-state index >= 15 is 0 Å². The van der Waals surface area contributed by atoms with Crippen LogP contribution in [0.3, 0.4) is 0 Å². The number of hydrogen-bond donors (Lipinski definition) is 2. The van der Waals surface area contributed by atoms with Gasteiger partial charge in [-0.05, 0) is 12.8 Å². The molecule has 1 saturated carbocycles. The molecule has 112 valence electrons. The second-order valence-corrected chi connectivity index (χ2v) is 7.32. The minimum absolute atomic E-state index is 0.0526. The summed E-state index contributed by atoms with van der Waals surface area (Å²) in [6.07, 6.45) is 5.23. The summed E-state index contributed by atoms with van der Waals surface area (Å²) < 4.78 is 4.40. The van der Waals surface area contributed by atoms with Gasteiger partial charge in [0.25, 0.3) is 0 Å². The van der Waals surface area contributed by atoms with Crippen LogP contribution in [-0.4, -0.2) is 21.3 Å². The van der Waals surface area contributed by atoms with E-state index in [2.05, 4.69) is 35.4 Å². The van der Waals surface area contributed by atoms with Crippen LogP contribution in [0.15, 0.2) is 0 Å². The molecular formula is C14H24N4OS. The maximum absolute atomic E-state index is 11.6. The number of aromatic nitrogens is 2. The van der Waals surface area contributed by atoms with Crippen molar-refractivity contribution in [3.05, 3.63) is 5.82 Å². The van der Waals surface area contributed by atoms with Crippen molar-refractivity contribution in [1.82, 2.24) is 9.36 Å². The summed E-state index contributed by atoms with van der Waals surface area (Å²) in [5.41, 5.74) is 5.49. The Bertz CT molecular complexity index is 466. The molecule has 20 heavy (non-hydrogen) atoms. The van der Waals surface area contributed by atoms with Crippen molar-refractivity contribution >= 4 is 22.6 Å². The average Bonchev–Trinajstić information content (AvgIpc) is 2.68. The van der Waals surface area contributed by atoms with E-state index in [-0.39, 0.29) is 23.3 Å². The van der Waals surface area contributed by atoms with Gasteiger partial charge in [-0.3, -0.25) is 4.79 Å². The van der Waals surface area contributed by atoms with E-state index in [1.165, 1.54) is 18.0 Å². The van der Waals surface area contributed by atoms with Gasteiger partial charge in [-0.2, -0.15) is 4.37 Å². The summed E-state index contributed by atoms with van der Waals surface area (Å²) in [5.74, 6) is 0.540. The van der Waals surface area contributed by atoms with Gasteiger partial charge in [0.05, 0.1) is 5.92 Å². The Kier molecular flexibility index (Phi) is 4.62. The Morgan fingerprint density at radius 2 is 2.00 bits per heavy atom. The van der Waals surface area contributed by atoms with Gasteiger partial charge in [-0.15, -0.1) is 0 Å². The van der Waals surface area contributed by atoms with E-state index in [0.717, 1.165) is 36.6 Å². The highest BCUT2D eigenvalue weighted by Crippen LogP contribution is 2.28. The molecule has 0 bridgehead atoms. The molecule has 0 radical (unpaired) electrons. The highest BCUT2D eigenvalue weighted by Gasteiger charge is 2.29. The van der Waals surface area contributed by atoms with Gasteiger partial charge < -0.3 is 11.1 Å². The number of primary amides is 1. The highest BCUT2D eigenvalue weighted by molar-refractivity contribution is 7.09. The Balaban J connectivity index is 2.10. The molecule has 1 aromatic rings. The third-order valence-electron chi connectivity index (χ3n) is 3.79. The van der Waals surface area contributed by atoms with Crippen molar-refractivity contribution in [2.45, 2.75) is 64.3 Å². The maximum Gasteiger partial charge on any atom is 0.222 e. The molecule has 1 heterocycles. The van der Waals surface area contributed by atoms with Crippen LogP contribution in [0, 0.1) is 5.92 Å². The predicted octanol–water partition coefficient (Wildman–Crippen LogP) is 2.68. The molecule has 1 aromatic heterocycles. The largest absolute Gasteiger partial charge is 0.369 e. The summed E-state index contributed by atoms with van der Waals surface area (Å²) >= 11 is 1.37. The van der Waals surface area contributed by atoms with Crippen LogP contribution in [0.25, 0.3) is 0 Å². The lowest BCUT2D eigenvalue weighted by Gasteiger charge is -2.23. The zero-order valence-corrected chi connectivity index (χ0v) is 13.3. The summed E-state index contributed by atoms with van der Waals surface area (Å²) in [6.45, 7) is 6.28. The van der Waals surface area contributed by atoms with Gasteiger partial charge in [0, 0.05) is 23.0 Å². The minimum Gasteiger partial charge on any atom is -0.369 e. The molecular weight excluding hydrogens is 272 g/mol. The topological polar surface area (TPSA) is 80.9 Å². The quantitative estimate of drug-likeness (QED) is 0.840. The van der Waals surface area contributed by atoms with E-state index in [0.29, 0.717) is 0 Å². The first-order valence-electron chi connectivity index (χ1n) is 7.28. The second kappa shape index (κ2) is 6.08. The van der Waals surface area contributed by atoms with Gasteiger partial charge >= 0.3 is 0 Å². The van der Waals surface area contributed by atoms with E-state index in [4.69, 9.17) is 5.73 Å². The fraction of sp³-hybridized carbons (Fsp3) is 0.786. The monoisotopic (exact) mass is 296 g/mol. The Hall–Kier alpha value is -1.17. The molecule has 1 amide bonds. The predicted molar refractivity (Wildman–Crippen MR) is 81.8 cm³/mol. The van der Waals surface area contributed by atoms with Gasteiger partial charge in [0.15, 0.2) is 0 Å². The third-order valence-corrected chi connectivity index (χ3v) is 4.43. The number of nitrogens with two attached hydrogens (primary N) is 1. The number of amides is 1. The first kappa shape index (κ1) is 15.2. The van der Waals surface area contributed by atoms with Gasteiger partial charge in [-0.25, -0.2) is 4.98 Å². The molecule has 1 aliphatic rings. The van der Waals surface area contributed by atoms with Crippen molar-refractivity contribution < 1.29 is 4.79 Å². The molecule has 0 aromatic carbocycles. The number of carbonyl (C=O) groups excluding carboxylic acids is 1. The molecule has 1 fully saturated rings. The molecule has 2 unspecified atom stereocenters. The molecule has 0 aliphatic heterocycles. The summed E-state index contributed by atoms with van der Waals surface area (Å²) in [5, 5.41) is 4.19. The Morgan fingerprint density at radius 3 is 2.60 bits per heavy atom. The number of carbonyl (C=O) groups is 1. The highest BCUT2D eigenvalue weighted by atomic mass is 32.1. The fourth-order valence-electron chi connectivity index (χ4n) is 2.57. The number of anilines is 1. The zero-order valence-electron chi connectivity index (χ0n) is 12.5. The average molecular weight is 296 g/mol. The number of nitrogens with one attached hydrogen (secondary N) is 1. The number of hydrogen-bond acceptors (Lipinski definition) is 5. The molecule has 0 saturated heterocycles. The van der Waals surface area contributed by atoms with Crippen molar-refractivity contribution in [3.63, 3.8) is 0 Å². The molecule has 2 rings (SSSR count). The fourth-order valence-corrected chi connectivity index (χ4v) is 3.39. The first-order valence-corrected chi connectivity index (χ1v) is 8.05. The van der Waals surface area contributed by atoms with E-state index in [9.17, 15) is 4.79 Å². The van der Waals surface area contributed by atoms with Gasteiger partial charge in [0.2, 0.25) is 11.0 Å². The normalized spacial score (nSPS) is 24.1. The number of rotatable bonds is 3. The minimum atomic E-state index is -0.204. The lowest BCUT2D eigenvalue weighted by atomic mass is 9.94. The first-order chi connectivity index (χ1) is 9.38. The van der Waals surface area contributed by atoms with Crippen LogP contribution in [0.5, 0.6) is 0 Å². The molecule has 3 N–H and O–H groups in total. The standard InChI is InChI=1S/C14H24N4OS/c1-14(2,3)12-17-13(20-18-12)16-10-8-6-4-5-7-9(10)11(15)19/h9-10H,4-8H2,1-3H3,(H2,15,19)(H,16,17,18). The lowest BCUT2D eigenvalue weighted by Crippen LogP contribution is -2.37. The van der Waals surface area contributed by atoms with Crippen molar-refractivity contribution in [1.29, 1.82) is 0 Å². The van der Waals surface area contributed by atoms with E-state index in [1.54, 1.807) is 0 Å². The van der Waals surface area contributed by atoms with Crippen LogP contribution >= 0.6 is 11.5 Å². The third kappa shape index (κ3) is 3.69. The molecule has 1 aliphatic carbocycles. The van der Waals surface area contributed by atoms with Crippen molar-refractivity contribution in [2.75, 3.05) is 5.32 Å². The summed E-state index contributed by atoms with van der Waals surface area (Å²) in [4.78, 5) is 16.2. The summed E-state index contributed by atoms with van der Waals surface area (Å²) in [7, 11) is 0. The molecule has 0 spiro atoms. The maximum atomic E-state index is 11.6.